The van der Waals surface area contributed by atoms with Crippen LogP contribution in [0.3, 0.4) is 0 Å². The van der Waals surface area contributed by atoms with Crippen LogP contribution in [0, 0.1) is 11.8 Å². The van der Waals surface area contributed by atoms with E-state index < -0.39 is 0 Å². The molecule has 0 aromatic heterocycles. The number of hydrogen-bond donors (Lipinski definition) is 1. The Labute approximate surface area is 116 Å². The number of benzene rings is 1. The number of nitrogens with two attached hydrogens (primary N) is 1. The average Bonchev–Trinajstić information content (AvgIpc) is 2.36. The summed E-state index contributed by atoms with van der Waals surface area (Å²) in [5.74, 6) is 0.666. The lowest BCUT2D eigenvalue weighted by Gasteiger charge is -2.27. The zero-order chi connectivity index (χ0) is 14.4. The van der Waals surface area contributed by atoms with E-state index in [1.54, 1.807) is 0 Å². The molecule has 1 amide bonds. The lowest BCUT2D eigenvalue weighted by molar-refractivity contribution is -0.137. The summed E-state index contributed by atoms with van der Waals surface area (Å²) < 4.78 is 0. The van der Waals surface area contributed by atoms with Crippen LogP contribution in [0.25, 0.3) is 0 Å². The predicted octanol–water partition coefficient (Wildman–Crippen LogP) is 3.30. The van der Waals surface area contributed by atoms with Crippen LogP contribution in [0.2, 0.25) is 0 Å². The Kier molecular flexibility index (Phi) is 5.87. The molecule has 19 heavy (non-hydrogen) atoms. The standard InChI is InChI=1S/C16H26N2O/c1-5-9-18(16(19)13(4)12(2)3)11-14-7-6-8-15(17)10-14/h6-8,10,12-13H,5,9,11,17H2,1-4H3. The SMILES string of the molecule is CCCN(Cc1cccc(N)c1)C(=O)C(C)C(C)C. The van der Waals surface area contributed by atoms with E-state index in [0.29, 0.717) is 12.5 Å². The largest absolute Gasteiger partial charge is 0.399 e. The highest BCUT2D eigenvalue weighted by atomic mass is 16.2. The Morgan fingerprint density at radius 1 is 1.32 bits per heavy atom. The molecule has 0 aliphatic rings. The molecule has 0 spiro atoms. The van der Waals surface area contributed by atoms with Crippen LogP contribution in [0.15, 0.2) is 24.3 Å². The quantitative estimate of drug-likeness (QED) is 0.800. The third-order valence-electron chi connectivity index (χ3n) is 3.52. The Morgan fingerprint density at radius 2 is 2.00 bits per heavy atom. The molecular weight excluding hydrogens is 236 g/mol. The molecule has 3 nitrogen and oxygen atoms in total. The number of carbonyl (C=O) groups excluding carboxylic acids is 1. The van der Waals surface area contributed by atoms with E-state index in [2.05, 4.69) is 20.8 Å². The molecule has 0 saturated heterocycles. The molecule has 0 bridgehead atoms. The van der Waals surface area contributed by atoms with Gasteiger partial charge in [0.1, 0.15) is 0 Å². The predicted molar refractivity (Wildman–Crippen MR) is 80.6 cm³/mol. The van der Waals surface area contributed by atoms with E-state index in [9.17, 15) is 4.79 Å². The third-order valence-corrected chi connectivity index (χ3v) is 3.52. The van der Waals surface area contributed by atoms with Crippen molar-refractivity contribution in [2.45, 2.75) is 40.7 Å². The number of hydrogen-bond acceptors (Lipinski definition) is 2. The summed E-state index contributed by atoms with van der Waals surface area (Å²) in [5.41, 5.74) is 7.63. The molecule has 3 heteroatoms. The zero-order valence-corrected chi connectivity index (χ0v) is 12.5. The lowest BCUT2D eigenvalue weighted by Crippen LogP contribution is -2.37. The van der Waals surface area contributed by atoms with Crippen molar-refractivity contribution in [3.8, 4) is 0 Å². The van der Waals surface area contributed by atoms with Gasteiger partial charge in [-0.3, -0.25) is 4.79 Å². The van der Waals surface area contributed by atoms with Crippen molar-refractivity contribution in [3.63, 3.8) is 0 Å². The molecule has 0 fully saturated rings. The molecule has 0 heterocycles. The molecule has 0 radical (unpaired) electrons. The minimum Gasteiger partial charge on any atom is -0.399 e. The summed E-state index contributed by atoms with van der Waals surface area (Å²) in [6, 6.07) is 7.76. The van der Waals surface area contributed by atoms with Gasteiger partial charge in [0.15, 0.2) is 0 Å². The molecule has 1 rings (SSSR count). The van der Waals surface area contributed by atoms with Gasteiger partial charge in [0, 0.05) is 24.7 Å². The zero-order valence-electron chi connectivity index (χ0n) is 12.5. The highest BCUT2D eigenvalue weighted by Crippen LogP contribution is 2.17. The first-order valence-corrected chi connectivity index (χ1v) is 7.08. The van der Waals surface area contributed by atoms with Crippen LogP contribution >= 0.6 is 0 Å². The van der Waals surface area contributed by atoms with Gasteiger partial charge in [-0.1, -0.05) is 39.8 Å². The lowest BCUT2D eigenvalue weighted by atomic mass is 9.96. The van der Waals surface area contributed by atoms with Crippen LogP contribution in [0.1, 0.15) is 39.7 Å². The first kappa shape index (κ1) is 15.5. The Hall–Kier alpha value is -1.51. The average molecular weight is 262 g/mol. The number of nitrogen functional groups attached to an aromatic ring is 1. The highest BCUT2D eigenvalue weighted by Gasteiger charge is 2.22. The van der Waals surface area contributed by atoms with Crippen molar-refractivity contribution in [2.75, 3.05) is 12.3 Å². The van der Waals surface area contributed by atoms with E-state index in [1.165, 1.54) is 0 Å². The highest BCUT2D eigenvalue weighted by molar-refractivity contribution is 5.78. The maximum atomic E-state index is 12.5. The molecule has 1 unspecified atom stereocenters. The topological polar surface area (TPSA) is 46.3 Å². The number of anilines is 1. The number of nitrogens with zero attached hydrogens (tertiary/aromatic N) is 1. The molecule has 1 aromatic rings. The van der Waals surface area contributed by atoms with E-state index in [-0.39, 0.29) is 11.8 Å². The second-order valence-electron chi connectivity index (χ2n) is 5.54. The molecule has 1 atom stereocenters. The molecule has 0 aliphatic heterocycles. The number of rotatable bonds is 6. The molecular formula is C16H26N2O. The number of amides is 1. The van der Waals surface area contributed by atoms with Gasteiger partial charge < -0.3 is 10.6 Å². The summed E-state index contributed by atoms with van der Waals surface area (Å²) in [6.07, 6.45) is 0.971. The van der Waals surface area contributed by atoms with E-state index in [4.69, 9.17) is 5.73 Å². The normalized spacial score (nSPS) is 12.5. The Balaban J connectivity index is 2.80. The smallest absolute Gasteiger partial charge is 0.225 e. The van der Waals surface area contributed by atoms with Gasteiger partial charge in [-0.15, -0.1) is 0 Å². The second kappa shape index (κ2) is 7.17. The van der Waals surface area contributed by atoms with Gasteiger partial charge in [0.05, 0.1) is 0 Å². The van der Waals surface area contributed by atoms with Gasteiger partial charge in [-0.2, -0.15) is 0 Å². The Morgan fingerprint density at radius 3 is 2.53 bits per heavy atom. The Bertz CT molecular complexity index is 415. The fourth-order valence-electron chi connectivity index (χ4n) is 2.02. The molecule has 106 valence electrons. The fourth-order valence-corrected chi connectivity index (χ4v) is 2.02. The summed E-state index contributed by atoms with van der Waals surface area (Å²) >= 11 is 0. The van der Waals surface area contributed by atoms with Crippen LogP contribution in [-0.4, -0.2) is 17.4 Å². The van der Waals surface area contributed by atoms with Crippen molar-refractivity contribution in [1.29, 1.82) is 0 Å². The summed E-state index contributed by atoms with van der Waals surface area (Å²) in [4.78, 5) is 14.4. The third kappa shape index (κ3) is 4.58. The molecule has 0 saturated carbocycles. The van der Waals surface area contributed by atoms with Crippen LogP contribution in [-0.2, 0) is 11.3 Å². The molecule has 2 N–H and O–H groups in total. The van der Waals surface area contributed by atoms with Crippen molar-refractivity contribution in [3.05, 3.63) is 29.8 Å². The van der Waals surface area contributed by atoms with Gasteiger partial charge in [0.25, 0.3) is 0 Å². The van der Waals surface area contributed by atoms with E-state index in [1.807, 2.05) is 36.1 Å². The summed E-state index contributed by atoms with van der Waals surface area (Å²) in [5, 5.41) is 0. The van der Waals surface area contributed by atoms with Crippen molar-refractivity contribution >= 4 is 11.6 Å². The minimum atomic E-state index is 0.0626. The molecule has 1 aromatic carbocycles. The van der Waals surface area contributed by atoms with Crippen molar-refractivity contribution in [1.82, 2.24) is 4.90 Å². The minimum absolute atomic E-state index is 0.0626. The van der Waals surface area contributed by atoms with Crippen molar-refractivity contribution < 1.29 is 4.79 Å². The van der Waals surface area contributed by atoms with Gasteiger partial charge in [-0.25, -0.2) is 0 Å². The monoisotopic (exact) mass is 262 g/mol. The van der Waals surface area contributed by atoms with Crippen LogP contribution in [0.5, 0.6) is 0 Å². The van der Waals surface area contributed by atoms with Crippen LogP contribution in [0.4, 0.5) is 5.69 Å². The van der Waals surface area contributed by atoms with E-state index >= 15 is 0 Å². The van der Waals surface area contributed by atoms with Crippen molar-refractivity contribution in [2.24, 2.45) is 11.8 Å². The van der Waals surface area contributed by atoms with Gasteiger partial charge in [-0.05, 0) is 30.0 Å². The second-order valence-corrected chi connectivity index (χ2v) is 5.54. The summed E-state index contributed by atoms with van der Waals surface area (Å²) in [7, 11) is 0. The van der Waals surface area contributed by atoms with E-state index in [0.717, 1.165) is 24.2 Å². The maximum absolute atomic E-state index is 12.5. The van der Waals surface area contributed by atoms with Gasteiger partial charge in [0.2, 0.25) is 5.91 Å². The maximum Gasteiger partial charge on any atom is 0.225 e. The van der Waals surface area contributed by atoms with Crippen LogP contribution < -0.4 is 5.73 Å². The first-order chi connectivity index (χ1) is 8.95. The molecule has 0 aliphatic carbocycles. The van der Waals surface area contributed by atoms with Gasteiger partial charge >= 0.3 is 0 Å². The fraction of sp³-hybridized carbons (Fsp3) is 0.562. The first-order valence-electron chi connectivity index (χ1n) is 7.08. The summed E-state index contributed by atoms with van der Waals surface area (Å²) in [6.45, 7) is 9.73. The number of carbonyl (C=O) groups is 1.